The van der Waals surface area contributed by atoms with Gasteiger partial charge in [0.2, 0.25) is 5.91 Å². The second-order valence-electron chi connectivity index (χ2n) is 4.60. The molecule has 0 radical (unpaired) electrons. The Morgan fingerprint density at radius 3 is 2.24 bits per heavy atom. The second kappa shape index (κ2) is 7.04. The van der Waals surface area contributed by atoms with Crippen LogP contribution < -0.4 is 10.6 Å². The van der Waals surface area contributed by atoms with Crippen molar-refractivity contribution in [2.75, 3.05) is 11.9 Å². The Hall–Kier alpha value is -2.14. The lowest BCUT2D eigenvalue weighted by Gasteiger charge is -2.07. The number of hydrogen-bond acceptors (Lipinski definition) is 2. The molecular weight excluding hydrogens is 332 g/mol. The number of aryl methyl sites for hydroxylation is 1. The van der Waals surface area contributed by atoms with Crippen LogP contribution in [0.4, 0.5) is 5.69 Å². The number of halogens is 1. The van der Waals surface area contributed by atoms with Gasteiger partial charge in [0.1, 0.15) is 0 Å². The van der Waals surface area contributed by atoms with Gasteiger partial charge in [0.15, 0.2) is 0 Å². The van der Waals surface area contributed by atoms with Crippen LogP contribution in [0.3, 0.4) is 0 Å². The summed E-state index contributed by atoms with van der Waals surface area (Å²) < 4.78 is 0.899. The molecule has 0 unspecified atom stereocenters. The molecule has 4 nitrogen and oxygen atoms in total. The van der Waals surface area contributed by atoms with Crippen LogP contribution in [-0.4, -0.2) is 18.4 Å². The highest BCUT2D eigenvalue weighted by molar-refractivity contribution is 9.10. The summed E-state index contributed by atoms with van der Waals surface area (Å²) in [5.41, 5.74) is 2.35. The van der Waals surface area contributed by atoms with Crippen LogP contribution in [0.2, 0.25) is 0 Å². The first-order chi connectivity index (χ1) is 10.0. The van der Waals surface area contributed by atoms with E-state index in [9.17, 15) is 9.59 Å². The van der Waals surface area contributed by atoms with E-state index in [2.05, 4.69) is 26.6 Å². The zero-order chi connectivity index (χ0) is 15.2. The molecule has 0 aromatic heterocycles. The molecule has 2 amide bonds. The first kappa shape index (κ1) is 15.3. The average molecular weight is 347 g/mol. The Bertz CT molecular complexity index is 636. The molecule has 0 fully saturated rings. The monoisotopic (exact) mass is 346 g/mol. The summed E-state index contributed by atoms with van der Waals surface area (Å²) in [4.78, 5) is 23.6. The quantitative estimate of drug-likeness (QED) is 0.893. The van der Waals surface area contributed by atoms with E-state index in [-0.39, 0.29) is 18.4 Å². The van der Waals surface area contributed by atoms with Crippen molar-refractivity contribution in [2.24, 2.45) is 0 Å². The van der Waals surface area contributed by atoms with Crippen molar-refractivity contribution in [3.8, 4) is 0 Å². The molecule has 2 aromatic rings. The normalized spacial score (nSPS) is 10.0. The predicted octanol–water partition coefficient (Wildman–Crippen LogP) is 3.13. The van der Waals surface area contributed by atoms with Gasteiger partial charge in [-0.2, -0.15) is 0 Å². The molecule has 0 saturated carbocycles. The maximum atomic E-state index is 11.9. The molecular formula is C16H15BrN2O2. The van der Waals surface area contributed by atoms with Crippen LogP contribution in [0.5, 0.6) is 0 Å². The van der Waals surface area contributed by atoms with E-state index < -0.39 is 0 Å². The molecule has 0 heterocycles. The third-order valence-electron chi connectivity index (χ3n) is 2.85. The highest BCUT2D eigenvalue weighted by Gasteiger charge is 2.08. The van der Waals surface area contributed by atoms with Gasteiger partial charge in [0.25, 0.3) is 5.91 Å². The van der Waals surface area contributed by atoms with Crippen molar-refractivity contribution >= 4 is 33.4 Å². The second-order valence-corrected chi connectivity index (χ2v) is 5.52. The zero-order valence-electron chi connectivity index (χ0n) is 11.5. The summed E-state index contributed by atoms with van der Waals surface area (Å²) in [6.07, 6.45) is 0. The van der Waals surface area contributed by atoms with Gasteiger partial charge in [-0.25, -0.2) is 0 Å². The highest BCUT2D eigenvalue weighted by atomic mass is 79.9. The van der Waals surface area contributed by atoms with E-state index in [1.165, 1.54) is 0 Å². The van der Waals surface area contributed by atoms with E-state index in [4.69, 9.17) is 0 Å². The van der Waals surface area contributed by atoms with Gasteiger partial charge < -0.3 is 10.6 Å². The minimum absolute atomic E-state index is 0.0667. The number of amides is 2. The molecule has 21 heavy (non-hydrogen) atoms. The highest BCUT2D eigenvalue weighted by Crippen LogP contribution is 2.10. The van der Waals surface area contributed by atoms with Gasteiger partial charge in [0, 0.05) is 15.7 Å². The average Bonchev–Trinajstić information content (AvgIpc) is 2.48. The van der Waals surface area contributed by atoms with Crippen LogP contribution in [0, 0.1) is 6.92 Å². The van der Waals surface area contributed by atoms with Gasteiger partial charge in [0.05, 0.1) is 6.54 Å². The van der Waals surface area contributed by atoms with Gasteiger partial charge in [-0.15, -0.1) is 0 Å². The van der Waals surface area contributed by atoms with E-state index >= 15 is 0 Å². The van der Waals surface area contributed by atoms with Crippen molar-refractivity contribution in [1.82, 2.24) is 5.32 Å². The molecule has 0 bridgehead atoms. The lowest BCUT2D eigenvalue weighted by molar-refractivity contribution is -0.115. The van der Waals surface area contributed by atoms with Crippen molar-refractivity contribution in [3.05, 3.63) is 64.1 Å². The van der Waals surface area contributed by atoms with Gasteiger partial charge in [-0.05, 0) is 43.3 Å². The molecule has 0 saturated heterocycles. The third-order valence-corrected chi connectivity index (χ3v) is 3.38. The van der Waals surface area contributed by atoms with Crippen molar-refractivity contribution in [2.45, 2.75) is 6.92 Å². The Labute approximate surface area is 131 Å². The van der Waals surface area contributed by atoms with E-state index in [0.717, 1.165) is 10.0 Å². The summed E-state index contributed by atoms with van der Waals surface area (Å²) in [7, 11) is 0. The number of hydrogen-bond donors (Lipinski definition) is 2. The summed E-state index contributed by atoms with van der Waals surface area (Å²) in [5, 5.41) is 5.31. The Kier molecular flexibility index (Phi) is 5.11. The lowest BCUT2D eigenvalue weighted by atomic mass is 10.2. The Morgan fingerprint density at radius 1 is 1.00 bits per heavy atom. The molecule has 0 spiro atoms. The first-order valence-corrected chi connectivity index (χ1v) is 7.24. The Morgan fingerprint density at radius 2 is 1.62 bits per heavy atom. The van der Waals surface area contributed by atoms with Crippen LogP contribution in [0.1, 0.15) is 15.9 Å². The van der Waals surface area contributed by atoms with Gasteiger partial charge in [-0.3, -0.25) is 9.59 Å². The van der Waals surface area contributed by atoms with E-state index in [1.807, 2.05) is 31.2 Å². The van der Waals surface area contributed by atoms with E-state index in [0.29, 0.717) is 11.3 Å². The number of rotatable bonds is 4. The molecule has 0 aliphatic rings. The molecule has 2 aromatic carbocycles. The standard InChI is InChI=1S/C16H15BrN2O2/c1-11-2-8-14(9-3-11)19-15(20)10-18-16(21)12-4-6-13(17)7-5-12/h2-9H,10H2,1H3,(H,18,21)(H,19,20). The molecule has 0 aliphatic carbocycles. The zero-order valence-corrected chi connectivity index (χ0v) is 13.1. The number of carbonyl (C=O) groups is 2. The van der Waals surface area contributed by atoms with Gasteiger partial charge in [-0.1, -0.05) is 33.6 Å². The maximum Gasteiger partial charge on any atom is 0.251 e. The van der Waals surface area contributed by atoms with Crippen molar-refractivity contribution in [1.29, 1.82) is 0 Å². The topological polar surface area (TPSA) is 58.2 Å². The maximum absolute atomic E-state index is 11.9. The molecule has 0 atom stereocenters. The number of carbonyl (C=O) groups excluding carboxylic acids is 2. The predicted molar refractivity (Wildman–Crippen MR) is 86.3 cm³/mol. The largest absolute Gasteiger partial charge is 0.343 e. The molecule has 2 N–H and O–H groups in total. The van der Waals surface area contributed by atoms with E-state index in [1.54, 1.807) is 24.3 Å². The Balaban J connectivity index is 1.84. The summed E-state index contributed by atoms with van der Waals surface area (Å²) in [6.45, 7) is 1.91. The van der Waals surface area contributed by atoms with Crippen molar-refractivity contribution < 1.29 is 9.59 Å². The molecule has 5 heteroatoms. The lowest BCUT2D eigenvalue weighted by Crippen LogP contribution is -2.32. The SMILES string of the molecule is Cc1ccc(NC(=O)CNC(=O)c2ccc(Br)cc2)cc1. The summed E-state index contributed by atoms with van der Waals surface area (Å²) >= 11 is 3.30. The molecule has 2 rings (SSSR count). The van der Waals surface area contributed by atoms with Crippen LogP contribution in [-0.2, 0) is 4.79 Å². The summed E-state index contributed by atoms with van der Waals surface area (Å²) in [6, 6.07) is 14.4. The smallest absolute Gasteiger partial charge is 0.251 e. The first-order valence-electron chi connectivity index (χ1n) is 6.45. The number of benzene rings is 2. The minimum atomic E-state index is -0.276. The fraction of sp³-hybridized carbons (Fsp3) is 0.125. The van der Waals surface area contributed by atoms with Crippen LogP contribution >= 0.6 is 15.9 Å². The van der Waals surface area contributed by atoms with Crippen LogP contribution in [0.25, 0.3) is 0 Å². The van der Waals surface area contributed by atoms with Crippen molar-refractivity contribution in [3.63, 3.8) is 0 Å². The molecule has 108 valence electrons. The third kappa shape index (κ3) is 4.72. The fourth-order valence-electron chi connectivity index (χ4n) is 1.71. The van der Waals surface area contributed by atoms with Gasteiger partial charge >= 0.3 is 0 Å². The summed E-state index contributed by atoms with van der Waals surface area (Å²) in [5.74, 6) is -0.536. The number of nitrogens with one attached hydrogen (secondary N) is 2. The van der Waals surface area contributed by atoms with Crippen LogP contribution in [0.15, 0.2) is 53.0 Å². The number of anilines is 1. The molecule has 0 aliphatic heterocycles. The fourth-order valence-corrected chi connectivity index (χ4v) is 1.97. The minimum Gasteiger partial charge on any atom is -0.343 e.